The van der Waals surface area contributed by atoms with Crippen LogP contribution in [0.1, 0.15) is 5.56 Å². The highest BCUT2D eigenvalue weighted by Crippen LogP contribution is 2.29. The van der Waals surface area contributed by atoms with E-state index in [-0.39, 0.29) is 35.9 Å². The third-order valence-corrected chi connectivity index (χ3v) is 5.68. The maximum atomic E-state index is 12.7. The zero-order valence-corrected chi connectivity index (χ0v) is 12.7. The lowest BCUT2D eigenvalue weighted by molar-refractivity contribution is -0.00461. The van der Waals surface area contributed by atoms with E-state index in [2.05, 4.69) is 0 Å². The molecule has 0 spiro atoms. The van der Waals surface area contributed by atoms with E-state index in [0.717, 1.165) is 0 Å². The quantitative estimate of drug-likeness (QED) is 0.824. The molecular formula is C13H20N2O4S. The van der Waals surface area contributed by atoms with Crippen LogP contribution in [0.4, 0.5) is 5.69 Å². The van der Waals surface area contributed by atoms with Crippen LogP contribution in [0.3, 0.4) is 0 Å². The lowest BCUT2D eigenvalue weighted by atomic mass is 10.2. The van der Waals surface area contributed by atoms with Crippen molar-refractivity contribution in [2.45, 2.75) is 24.0 Å². The number of nitrogen functional groups attached to an aromatic ring is 1. The Morgan fingerprint density at radius 3 is 2.20 bits per heavy atom. The molecule has 2 atom stereocenters. The van der Waals surface area contributed by atoms with Crippen molar-refractivity contribution in [1.29, 1.82) is 0 Å². The van der Waals surface area contributed by atoms with Gasteiger partial charge in [0.25, 0.3) is 0 Å². The average molecular weight is 300 g/mol. The number of sulfonamides is 1. The van der Waals surface area contributed by atoms with E-state index in [0.29, 0.717) is 5.56 Å². The third-order valence-electron chi connectivity index (χ3n) is 3.63. The molecule has 7 heteroatoms. The van der Waals surface area contributed by atoms with Crippen LogP contribution in [0.15, 0.2) is 23.1 Å². The lowest BCUT2D eigenvalue weighted by Crippen LogP contribution is -2.31. The standard InChI is InChI=1S/C13H20N2O4S/c1-9-5-4-6-10(14)13(9)20(16,17)15-7-11(18-2)12(8-15)19-3/h4-6,11-12H,7-8,14H2,1-3H3. The summed E-state index contributed by atoms with van der Waals surface area (Å²) in [6, 6.07) is 5.07. The van der Waals surface area contributed by atoms with Gasteiger partial charge in [-0.25, -0.2) is 8.42 Å². The monoisotopic (exact) mass is 300 g/mol. The van der Waals surface area contributed by atoms with Crippen LogP contribution >= 0.6 is 0 Å². The number of nitrogens with zero attached hydrogens (tertiary/aromatic N) is 1. The van der Waals surface area contributed by atoms with Gasteiger partial charge in [0.05, 0.1) is 17.9 Å². The van der Waals surface area contributed by atoms with E-state index in [9.17, 15) is 8.42 Å². The molecule has 20 heavy (non-hydrogen) atoms. The first-order chi connectivity index (χ1) is 9.41. The van der Waals surface area contributed by atoms with E-state index in [1.807, 2.05) is 0 Å². The van der Waals surface area contributed by atoms with Gasteiger partial charge in [-0.1, -0.05) is 12.1 Å². The Labute approximate surface area is 119 Å². The van der Waals surface area contributed by atoms with Gasteiger partial charge in [-0.3, -0.25) is 0 Å². The number of rotatable bonds is 4. The number of aryl methyl sites for hydroxylation is 1. The van der Waals surface area contributed by atoms with Crippen molar-refractivity contribution in [2.24, 2.45) is 0 Å². The predicted molar refractivity (Wildman–Crippen MR) is 75.9 cm³/mol. The molecule has 0 amide bonds. The van der Waals surface area contributed by atoms with Crippen LogP contribution in [0.25, 0.3) is 0 Å². The van der Waals surface area contributed by atoms with E-state index in [1.165, 1.54) is 4.31 Å². The molecule has 2 rings (SSSR count). The molecular weight excluding hydrogens is 280 g/mol. The average Bonchev–Trinajstić information content (AvgIpc) is 2.82. The van der Waals surface area contributed by atoms with Crippen molar-refractivity contribution < 1.29 is 17.9 Å². The number of benzene rings is 1. The number of methoxy groups -OCH3 is 2. The Bertz CT molecular complexity index is 556. The van der Waals surface area contributed by atoms with Crippen molar-refractivity contribution in [2.75, 3.05) is 33.0 Å². The van der Waals surface area contributed by atoms with E-state index in [1.54, 1.807) is 39.3 Å². The first-order valence-electron chi connectivity index (χ1n) is 6.32. The third kappa shape index (κ3) is 2.54. The van der Waals surface area contributed by atoms with E-state index in [4.69, 9.17) is 15.2 Å². The van der Waals surface area contributed by atoms with Gasteiger partial charge in [-0.2, -0.15) is 4.31 Å². The highest BCUT2D eigenvalue weighted by atomic mass is 32.2. The highest BCUT2D eigenvalue weighted by Gasteiger charge is 2.40. The van der Waals surface area contributed by atoms with Gasteiger partial charge < -0.3 is 15.2 Å². The SMILES string of the molecule is COC1CN(S(=O)(=O)c2c(C)cccc2N)CC1OC. The molecule has 1 aliphatic heterocycles. The van der Waals surface area contributed by atoms with Crippen LogP contribution < -0.4 is 5.73 Å². The van der Waals surface area contributed by atoms with Crippen LogP contribution in [0.5, 0.6) is 0 Å². The fraction of sp³-hybridized carbons (Fsp3) is 0.538. The van der Waals surface area contributed by atoms with Crippen molar-refractivity contribution in [3.8, 4) is 0 Å². The summed E-state index contributed by atoms with van der Waals surface area (Å²) >= 11 is 0. The second-order valence-electron chi connectivity index (χ2n) is 4.86. The Hall–Kier alpha value is -1.15. The van der Waals surface area contributed by atoms with Crippen LogP contribution in [-0.2, 0) is 19.5 Å². The number of nitrogens with two attached hydrogens (primary N) is 1. The zero-order valence-electron chi connectivity index (χ0n) is 11.9. The summed E-state index contributed by atoms with van der Waals surface area (Å²) in [7, 11) is -0.537. The van der Waals surface area contributed by atoms with Crippen LogP contribution in [-0.4, -0.2) is 52.2 Å². The van der Waals surface area contributed by atoms with Crippen molar-refractivity contribution in [3.63, 3.8) is 0 Å². The van der Waals surface area contributed by atoms with Gasteiger partial charge in [0.1, 0.15) is 4.90 Å². The Morgan fingerprint density at radius 1 is 1.20 bits per heavy atom. The summed E-state index contributed by atoms with van der Waals surface area (Å²) in [6.45, 7) is 2.27. The molecule has 6 nitrogen and oxygen atoms in total. The van der Waals surface area contributed by atoms with Gasteiger partial charge in [0.2, 0.25) is 10.0 Å². The molecule has 0 bridgehead atoms. The highest BCUT2D eigenvalue weighted by molar-refractivity contribution is 7.89. The Kier molecular flexibility index (Phi) is 4.33. The molecule has 0 radical (unpaired) electrons. The topological polar surface area (TPSA) is 81.9 Å². The summed E-state index contributed by atoms with van der Waals surface area (Å²) in [5.74, 6) is 0. The largest absolute Gasteiger partial charge is 0.398 e. The van der Waals surface area contributed by atoms with E-state index < -0.39 is 10.0 Å². The molecule has 1 saturated heterocycles. The minimum absolute atomic E-state index is 0.173. The van der Waals surface area contributed by atoms with Crippen molar-refractivity contribution in [1.82, 2.24) is 4.31 Å². The van der Waals surface area contributed by atoms with Crippen LogP contribution in [0, 0.1) is 6.92 Å². The molecule has 2 unspecified atom stereocenters. The molecule has 1 aromatic carbocycles. The normalized spacial score (nSPS) is 24.1. The minimum Gasteiger partial charge on any atom is -0.398 e. The Morgan fingerprint density at radius 2 is 1.75 bits per heavy atom. The smallest absolute Gasteiger partial charge is 0.245 e. The molecule has 1 heterocycles. The molecule has 0 aliphatic carbocycles. The predicted octanol–water partition coefficient (Wildman–Crippen LogP) is 0.612. The minimum atomic E-state index is -3.64. The van der Waals surface area contributed by atoms with Crippen molar-refractivity contribution in [3.05, 3.63) is 23.8 Å². The molecule has 0 aromatic heterocycles. The second-order valence-corrected chi connectivity index (χ2v) is 6.74. The van der Waals surface area contributed by atoms with Crippen LogP contribution in [0.2, 0.25) is 0 Å². The van der Waals surface area contributed by atoms with Gasteiger partial charge in [0.15, 0.2) is 0 Å². The molecule has 1 aliphatic rings. The number of hydrogen-bond donors (Lipinski definition) is 1. The fourth-order valence-corrected chi connectivity index (χ4v) is 4.30. The first kappa shape index (κ1) is 15.2. The number of ether oxygens (including phenoxy) is 2. The number of anilines is 1. The maximum Gasteiger partial charge on any atom is 0.245 e. The van der Waals surface area contributed by atoms with Gasteiger partial charge in [0, 0.05) is 27.3 Å². The number of hydrogen-bond acceptors (Lipinski definition) is 5. The molecule has 0 saturated carbocycles. The summed E-state index contributed by atoms with van der Waals surface area (Å²) in [4.78, 5) is 0.173. The molecule has 2 N–H and O–H groups in total. The first-order valence-corrected chi connectivity index (χ1v) is 7.76. The zero-order chi connectivity index (χ0) is 14.9. The van der Waals surface area contributed by atoms with Gasteiger partial charge in [-0.05, 0) is 18.6 Å². The van der Waals surface area contributed by atoms with Gasteiger partial charge >= 0.3 is 0 Å². The summed E-state index contributed by atoms with van der Waals surface area (Å²) in [5, 5.41) is 0. The van der Waals surface area contributed by atoms with E-state index >= 15 is 0 Å². The van der Waals surface area contributed by atoms with Gasteiger partial charge in [-0.15, -0.1) is 0 Å². The summed E-state index contributed by atoms with van der Waals surface area (Å²) in [6.07, 6.45) is -0.528. The summed E-state index contributed by atoms with van der Waals surface area (Å²) < 4.78 is 37.4. The lowest BCUT2D eigenvalue weighted by Gasteiger charge is -2.18. The molecule has 112 valence electrons. The Balaban J connectivity index is 2.37. The molecule has 1 fully saturated rings. The maximum absolute atomic E-state index is 12.7. The summed E-state index contributed by atoms with van der Waals surface area (Å²) in [5.41, 5.74) is 6.74. The second kappa shape index (κ2) is 5.69. The fourth-order valence-electron chi connectivity index (χ4n) is 2.52. The molecule has 1 aromatic rings. The van der Waals surface area contributed by atoms with Crippen molar-refractivity contribution >= 4 is 15.7 Å².